The van der Waals surface area contributed by atoms with Crippen LogP contribution in [0.25, 0.3) is 0 Å². The van der Waals surface area contributed by atoms with E-state index in [2.05, 4.69) is 47.9 Å². The van der Waals surface area contributed by atoms with E-state index in [-0.39, 0.29) is 29.4 Å². The minimum atomic E-state index is 0. The zero-order chi connectivity index (χ0) is 18.0. The summed E-state index contributed by atoms with van der Waals surface area (Å²) in [6, 6.07) is 0.960. The van der Waals surface area contributed by atoms with Crippen molar-refractivity contribution in [3.05, 3.63) is 12.2 Å². The number of halogens is 1. The van der Waals surface area contributed by atoms with E-state index in [0.29, 0.717) is 24.1 Å². The summed E-state index contributed by atoms with van der Waals surface area (Å²) >= 11 is 0. The Balaban J connectivity index is 0.00000243. The van der Waals surface area contributed by atoms with Crippen LogP contribution < -0.4 is 10.6 Å². The lowest BCUT2D eigenvalue weighted by Crippen LogP contribution is -2.71. The zero-order valence-electron chi connectivity index (χ0n) is 16.9. The number of hydrogen-bond donors (Lipinski definition) is 2. The predicted molar refractivity (Wildman–Crippen MR) is 119 cm³/mol. The third kappa shape index (κ3) is 4.73. The van der Waals surface area contributed by atoms with Crippen molar-refractivity contribution in [2.24, 2.45) is 16.3 Å². The molecule has 2 saturated heterocycles. The molecule has 0 aromatic carbocycles. The quantitative estimate of drug-likeness (QED) is 0.284. The van der Waals surface area contributed by atoms with Gasteiger partial charge in [0.2, 0.25) is 0 Å². The Morgan fingerprint density at radius 3 is 2.54 bits per heavy atom. The minimum absolute atomic E-state index is 0. The molecule has 5 nitrogen and oxygen atoms in total. The number of hydrogen-bond acceptors (Lipinski definition) is 3. The van der Waals surface area contributed by atoms with Crippen LogP contribution in [0.15, 0.2) is 17.1 Å². The highest BCUT2D eigenvalue weighted by Gasteiger charge is 2.58. The highest BCUT2D eigenvalue weighted by Crippen LogP contribution is 2.51. The average molecular weight is 476 g/mol. The largest absolute Gasteiger partial charge is 0.377 e. The fraction of sp³-hybridized carbons (Fsp3) is 0.850. The Morgan fingerprint density at radius 1 is 1.23 bits per heavy atom. The van der Waals surface area contributed by atoms with Crippen molar-refractivity contribution in [2.45, 2.75) is 64.6 Å². The molecule has 0 aromatic heterocycles. The van der Waals surface area contributed by atoms with Crippen molar-refractivity contribution < 1.29 is 4.74 Å². The molecule has 3 fully saturated rings. The Morgan fingerprint density at radius 2 is 1.92 bits per heavy atom. The number of aliphatic imine (C=N–C) groups is 1. The van der Waals surface area contributed by atoms with Crippen molar-refractivity contribution in [3.63, 3.8) is 0 Å². The van der Waals surface area contributed by atoms with E-state index in [9.17, 15) is 0 Å². The van der Waals surface area contributed by atoms with Gasteiger partial charge in [0.05, 0.1) is 6.10 Å². The van der Waals surface area contributed by atoms with Crippen molar-refractivity contribution in [3.8, 4) is 0 Å². The molecule has 3 atom stereocenters. The summed E-state index contributed by atoms with van der Waals surface area (Å²) in [6.07, 6.45) is 5.18. The summed E-state index contributed by atoms with van der Waals surface area (Å²) in [7, 11) is 1.88. The molecule has 3 rings (SSSR count). The average Bonchev–Trinajstić information content (AvgIpc) is 2.59. The number of piperidine rings is 1. The summed E-state index contributed by atoms with van der Waals surface area (Å²) < 4.78 is 6.02. The van der Waals surface area contributed by atoms with Gasteiger partial charge >= 0.3 is 0 Å². The molecule has 2 N–H and O–H groups in total. The molecule has 26 heavy (non-hydrogen) atoms. The van der Waals surface area contributed by atoms with Crippen LogP contribution in [0.3, 0.4) is 0 Å². The Labute approximate surface area is 176 Å². The van der Waals surface area contributed by atoms with Crippen LogP contribution in [0.2, 0.25) is 0 Å². The SMILES string of the molecule is C=C(C)CN1CCC(NC(=NC)NC2C3CCCOC3C2(C)C)CC1.I. The van der Waals surface area contributed by atoms with Gasteiger partial charge in [0.25, 0.3) is 0 Å². The van der Waals surface area contributed by atoms with Crippen molar-refractivity contribution in [2.75, 3.05) is 33.3 Å². The lowest BCUT2D eigenvalue weighted by atomic mass is 9.55. The second kappa shape index (κ2) is 9.24. The second-order valence-electron chi connectivity index (χ2n) is 8.76. The van der Waals surface area contributed by atoms with Gasteiger partial charge in [-0.3, -0.25) is 9.89 Å². The Kier molecular flexibility index (Phi) is 7.80. The third-order valence-corrected chi connectivity index (χ3v) is 6.27. The lowest BCUT2D eigenvalue weighted by molar-refractivity contribution is -0.188. The highest BCUT2D eigenvalue weighted by atomic mass is 127. The van der Waals surface area contributed by atoms with E-state index in [1.165, 1.54) is 18.4 Å². The number of likely N-dealkylation sites (tertiary alicyclic amines) is 1. The molecule has 0 aromatic rings. The second-order valence-corrected chi connectivity index (χ2v) is 8.76. The molecule has 3 aliphatic rings. The van der Waals surface area contributed by atoms with Gasteiger partial charge in [0.1, 0.15) is 0 Å². The third-order valence-electron chi connectivity index (χ3n) is 6.27. The molecule has 3 unspecified atom stereocenters. The van der Waals surface area contributed by atoms with Crippen LogP contribution in [0.1, 0.15) is 46.5 Å². The molecule has 0 spiro atoms. The maximum atomic E-state index is 6.02. The van der Waals surface area contributed by atoms with E-state index in [4.69, 9.17) is 4.74 Å². The van der Waals surface area contributed by atoms with Crippen molar-refractivity contribution >= 4 is 29.9 Å². The maximum absolute atomic E-state index is 6.02. The van der Waals surface area contributed by atoms with E-state index in [0.717, 1.165) is 45.0 Å². The molecule has 2 heterocycles. The van der Waals surface area contributed by atoms with Gasteiger partial charge in [-0.2, -0.15) is 0 Å². The van der Waals surface area contributed by atoms with Gasteiger partial charge in [-0.1, -0.05) is 26.0 Å². The van der Waals surface area contributed by atoms with Crippen LogP contribution in [-0.2, 0) is 4.74 Å². The number of ether oxygens (including phenoxy) is 1. The molecule has 2 aliphatic heterocycles. The Bertz CT molecular complexity index is 514. The van der Waals surface area contributed by atoms with Crippen LogP contribution in [-0.4, -0.2) is 62.3 Å². The first-order valence-electron chi connectivity index (χ1n) is 9.90. The summed E-state index contributed by atoms with van der Waals surface area (Å²) in [5, 5.41) is 7.38. The predicted octanol–water partition coefficient (Wildman–Crippen LogP) is 3.01. The summed E-state index contributed by atoms with van der Waals surface area (Å²) in [4.78, 5) is 7.00. The van der Waals surface area contributed by atoms with Crippen LogP contribution in [0, 0.1) is 11.3 Å². The fourth-order valence-corrected chi connectivity index (χ4v) is 4.94. The minimum Gasteiger partial charge on any atom is -0.377 e. The van der Waals surface area contributed by atoms with Crippen LogP contribution in [0.5, 0.6) is 0 Å². The molecule has 150 valence electrons. The number of fused-ring (bicyclic) bond motifs is 1. The van der Waals surface area contributed by atoms with Gasteiger partial charge in [0.15, 0.2) is 5.96 Å². The molecular weight excluding hydrogens is 439 g/mol. The first-order valence-corrected chi connectivity index (χ1v) is 9.90. The van der Waals surface area contributed by atoms with Gasteiger partial charge in [-0.25, -0.2) is 0 Å². The van der Waals surface area contributed by atoms with Crippen molar-refractivity contribution in [1.29, 1.82) is 0 Å². The topological polar surface area (TPSA) is 48.9 Å². The molecule has 1 aliphatic carbocycles. The molecule has 0 bridgehead atoms. The van der Waals surface area contributed by atoms with E-state index in [1.54, 1.807) is 0 Å². The first kappa shape index (κ1) is 22.0. The maximum Gasteiger partial charge on any atom is 0.191 e. The normalized spacial score (nSPS) is 32.0. The summed E-state index contributed by atoms with van der Waals surface area (Å²) in [6.45, 7) is 15.0. The molecule has 0 amide bonds. The Hall–Kier alpha value is -0.340. The molecule has 1 saturated carbocycles. The number of rotatable bonds is 4. The fourth-order valence-electron chi connectivity index (χ4n) is 4.94. The highest BCUT2D eigenvalue weighted by molar-refractivity contribution is 14.0. The smallest absolute Gasteiger partial charge is 0.191 e. The number of guanidine groups is 1. The molecule has 0 radical (unpaired) electrons. The van der Waals surface area contributed by atoms with Crippen LogP contribution >= 0.6 is 24.0 Å². The monoisotopic (exact) mass is 476 g/mol. The lowest BCUT2D eigenvalue weighted by Gasteiger charge is -2.60. The van der Waals surface area contributed by atoms with E-state index < -0.39 is 0 Å². The van der Waals surface area contributed by atoms with Gasteiger partial charge in [-0.15, -0.1) is 24.0 Å². The first-order chi connectivity index (χ1) is 11.9. The standard InChI is InChI=1S/C20H36N4O.HI/c1-14(2)13-24-10-8-15(9-11-24)22-19(21-5)23-17-16-7-6-12-25-18(16)20(17,3)4;/h15-18H,1,6-13H2,2-5H3,(H2,21,22,23);1H. The van der Waals surface area contributed by atoms with Gasteiger partial charge in [-0.05, 0) is 32.6 Å². The van der Waals surface area contributed by atoms with Gasteiger partial charge < -0.3 is 15.4 Å². The molecule has 6 heteroatoms. The number of nitrogens with zero attached hydrogens (tertiary/aromatic N) is 2. The van der Waals surface area contributed by atoms with Gasteiger partial charge in [0, 0.05) is 56.7 Å². The number of nitrogens with one attached hydrogen (secondary N) is 2. The van der Waals surface area contributed by atoms with Crippen molar-refractivity contribution in [1.82, 2.24) is 15.5 Å². The molecular formula is C20H37IN4O. The summed E-state index contributed by atoms with van der Waals surface area (Å²) in [5.74, 6) is 1.58. The van der Waals surface area contributed by atoms with E-state index in [1.807, 2.05) is 7.05 Å². The van der Waals surface area contributed by atoms with Crippen LogP contribution in [0.4, 0.5) is 0 Å². The van der Waals surface area contributed by atoms with E-state index >= 15 is 0 Å². The summed E-state index contributed by atoms with van der Waals surface area (Å²) in [5.41, 5.74) is 1.42. The zero-order valence-corrected chi connectivity index (χ0v) is 19.2.